The van der Waals surface area contributed by atoms with Crippen LogP contribution >= 0.6 is 0 Å². The molecule has 100 valence electrons. The van der Waals surface area contributed by atoms with E-state index in [1.165, 1.54) is 29.5 Å². The lowest BCUT2D eigenvalue weighted by Gasteiger charge is -2.23. The van der Waals surface area contributed by atoms with E-state index in [0.29, 0.717) is 17.9 Å². The van der Waals surface area contributed by atoms with Crippen molar-refractivity contribution in [3.05, 3.63) is 28.8 Å². The van der Waals surface area contributed by atoms with Crippen molar-refractivity contribution in [3.63, 3.8) is 0 Å². The molecule has 0 heterocycles. The zero-order valence-electron chi connectivity index (χ0n) is 12.2. The molecule has 2 rings (SSSR count). The molecule has 2 nitrogen and oxygen atoms in total. The molecule has 1 fully saturated rings. The number of nitrogens with one attached hydrogen (secondary N) is 1. The van der Waals surface area contributed by atoms with Gasteiger partial charge in [-0.2, -0.15) is 0 Å². The first-order valence-electron chi connectivity index (χ1n) is 6.91. The third kappa shape index (κ3) is 2.14. The highest BCUT2D eigenvalue weighted by molar-refractivity contribution is 5.47. The fourth-order valence-corrected chi connectivity index (χ4v) is 3.39. The Morgan fingerprint density at radius 2 is 1.94 bits per heavy atom. The summed E-state index contributed by atoms with van der Waals surface area (Å²) in [7, 11) is 3.86. The number of hydrogen-bond donors (Lipinski definition) is 1. The minimum atomic E-state index is 0.622. The first-order chi connectivity index (χ1) is 8.60. The van der Waals surface area contributed by atoms with E-state index >= 15 is 0 Å². The van der Waals surface area contributed by atoms with Gasteiger partial charge in [0.15, 0.2) is 0 Å². The van der Waals surface area contributed by atoms with Crippen molar-refractivity contribution in [1.29, 1.82) is 0 Å². The molecule has 18 heavy (non-hydrogen) atoms. The molecule has 0 aliphatic heterocycles. The van der Waals surface area contributed by atoms with Crippen LogP contribution in [0.3, 0.4) is 0 Å². The van der Waals surface area contributed by atoms with Gasteiger partial charge in [-0.25, -0.2) is 0 Å². The van der Waals surface area contributed by atoms with E-state index in [2.05, 4.69) is 45.3 Å². The van der Waals surface area contributed by atoms with Gasteiger partial charge in [0, 0.05) is 6.04 Å². The molecule has 3 atom stereocenters. The minimum absolute atomic E-state index is 0.622. The molecule has 0 amide bonds. The Hall–Kier alpha value is -1.02. The second-order valence-corrected chi connectivity index (χ2v) is 5.57. The summed E-state index contributed by atoms with van der Waals surface area (Å²) in [5.41, 5.74) is 3.99. The van der Waals surface area contributed by atoms with Crippen molar-refractivity contribution in [2.75, 3.05) is 14.2 Å². The van der Waals surface area contributed by atoms with E-state index in [9.17, 15) is 0 Å². The molecule has 1 aromatic carbocycles. The predicted molar refractivity (Wildman–Crippen MR) is 76.5 cm³/mol. The van der Waals surface area contributed by atoms with Crippen molar-refractivity contribution >= 4 is 0 Å². The molecule has 1 N–H and O–H groups in total. The van der Waals surface area contributed by atoms with Crippen LogP contribution in [0.2, 0.25) is 0 Å². The van der Waals surface area contributed by atoms with E-state index in [-0.39, 0.29) is 0 Å². The second-order valence-electron chi connectivity index (χ2n) is 5.57. The van der Waals surface area contributed by atoms with Gasteiger partial charge < -0.3 is 10.1 Å². The van der Waals surface area contributed by atoms with Gasteiger partial charge in [-0.1, -0.05) is 19.1 Å². The Morgan fingerprint density at radius 3 is 2.50 bits per heavy atom. The third-order valence-corrected chi connectivity index (χ3v) is 4.74. The minimum Gasteiger partial charge on any atom is -0.496 e. The van der Waals surface area contributed by atoms with Crippen molar-refractivity contribution in [1.82, 2.24) is 5.32 Å². The molecule has 1 aromatic rings. The van der Waals surface area contributed by atoms with Gasteiger partial charge in [-0.15, -0.1) is 0 Å². The van der Waals surface area contributed by atoms with Gasteiger partial charge in [0.2, 0.25) is 0 Å². The summed E-state index contributed by atoms with van der Waals surface area (Å²) in [5, 5.41) is 3.44. The average molecular weight is 247 g/mol. The maximum atomic E-state index is 5.67. The summed E-state index contributed by atoms with van der Waals surface area (Å²) < 4.78 is 5.67. The van der Waals surface area contributed by atoms with Crippen LogP contribution in [0.4, 0.5) is 0 Å². The van der Waals surface area contributed by atoms with E-state index in [4.69, 9.17) is 4.74 Å². The fourth-order valence-electron chi connectivity index (χ4n) is 3.39. The molecule has 1 saturated carbocycles. The van der Waals surface area contributed by atoms with Crippen LogP contribution in [-0.4, -0.2) is 20.2 Å². The highest BCUT2D eigenvalue weighted by atomic mass is 16.5. The van der Waals surface area contributed by atoms with Gasteiger partial charge in [0.25, 0.3) is 0 Å². The first-order valence-corrected chi connectivity index (χ1v) is 6.91. The second kappa shape index (κ2) is 5.31. The summed E-state index contributed by atoms with van der Waals surface area (Å²) in [6, 6.07) is 5.13. The summed E-state index contributed by atoms with van der Waals surface area (Å²) in [6.07, 6.45) is 2.52. The predicted octanol–water partition coefficient (Wildman–Crippen LogP) is 3.41. The number of aryl methyl sites for hydroxylation is 1. The Labute approximate surface area is 111 Å². The largest absolute Gasteiger partial charge is 0.496 e. The lowest BCUT2D eigenvalue weighted by Crippen LogP contribution is -2.28. The zero-order chi connectivity index (χ0) is 13.3. The molecule has 2 heteroatoms. The molecule has 0 spiro atoms. The van der Waals surface area contributed by atoms with Crippen molar-refractivity contribution in [2.45, 2.75) is 45.6 Å². The molecule has 1 aliphatic carbocycles. The monoisotopic (exact) mass is 247 g/mol. The molecule has 3 unspecified atom stereocenters. The highest BCUT2D eigenvalue weighted by Gasteiger charge is 2.34. The summed E-state index contributed by atoms with van der Waals surface area (Å²) in [6.45, 7) is 6.66. The molecular weight excluding hydrogens is 222 g/mol. The standard InChI is InChI=1S/C16H25NO/c1-10-6-7-14(16(18-5)11(10)2)13-8-9-15(17-4)12(13)3/h6-7,12-13,15,17H,8-9H2,1-5H3. The number of rotatable bonds is 3. The molecule has 0 radical (unpaired) electrons. The van der Waals surface area contributed by atoms with Gasteiger partial charge >= 0.3 is 0 Å². The van der Waals surface area contributed by atoms with Gasteiger partial charge in [-0.3, -0.25) is 0 Å². The van der Waals surface area contributed by atoms with Crippen LogP contribution in [0.1, 0.15) is 42.4 Å². The Balaban J connectivity index is 2.37. The molecule has 0 bridgehead atoms. The third-order valence-electron chi connectivity index (χ3n) is 4.74. The maximum Gasteiger partial charge on any atom is 0.125 e. The Kier molecular flexibility index (Phi) is 3.96. The van der Waals surface area contributed by atoms with Gasteiger partial charge in [-0.05, 0) is 62.3 Å². The normalized spacial score (nSPS) is 27.5. The summed E-state index contributed by atoms with van der Waals surface area (Å²) in [5.74, 6) is 2.39. The van der Waals surface area contributed by atoms with Crippen LogP contribution in [0.5, 0.6) is 5.75 Å². The number of hydrogen-bond acceptors (Lipinski definition) is 2. The van der Waals surface area contributed by atoms with Gasteiger partial charge in [0.05, 0.1) is 7.11 Å². The van der Waals surface area contributed by atoms with E-state index in [1.807, 2.05) is 0 Å². The van der Waals surface area contributed by atoms with Crippen molar-refractivity contribution in [2.24, 2.45) is 5.92 Å². The highest BCUT2D eigenvalue weighted by Crippen LogP contribution is 2.44. The van der Waals surface area contributed by atoms with Gasteiger partial charge in [0.1, 0.15) is 5.75 Å². The molecule has 0 aromatic heterocycles. The average Bonchev–Trinajstić information content (AvgIpc) is 2.73. The van der Waals surface area contributed by atoms with Crippen molar-refractivity contribution < 1.29 is 4.74 Å². The van der Waals surface area contributed by atoms with E-state index < -0.39 is 0 Å². The smallest absolute Gasteiger partial charge is 0.125 e. The van der Waals surface area contributed by atoms with Crippen LogP contribution < -0.4 is 10.1 Å². The Morgan fingerprint density at radius 1 is 1.22 bits per heavy atom. The number of benzene rings is 1. The maximum absolute atomic E-state index is 5.67. The lowest BCUT2D eigenvalue weighted by atomic mass is 9.86. The fraction of sp³-hybridized carbons (Fsp3) is 0.625. The van der Waals surface area contributed by atoms with E-state index in [0.717, 1.165) is 5.75 Å². The quantitative estimate of drug-likeness (QED) is 0.883. The van der Waals surface area contributed by atoms with Crippen LogP contribution in [0.25, 0.3) is 0 Å². The van der Waals surface area contributed by atoms with Crippen LogP contribution in [0.15, 0.2) is 12.1 Å². The summed E-state index contributed by atoms with van der Waals surface area (Å²) in [4.78, 5) is 0. The first kappa shape index (κ1) is 13.4. The zero-order valence-corrected chi connectivity index (χ0v) is 12.2. The van der Waals surface area contributed by atoms with Crippen molar-refractivity contribution in [3.8, 4) is 5.75 Å². The molecule has 0 saturated heterocycles. The SMILES string of the molecule is CNC1CCC(c2ccc(C)c(C)c2OC)C1C. The summed E-state index contributed by atoms with van der Waals surface area (Å²) >= 11 is 0. The molecular formula is C16H25NO. The topological polar surface area (TPSA) is 21.3 Å². The van der Waals surface area contributed by atoms with Crippen LogP contribution in [0, 0.1) is 19.8 Å². The lowest BCUT2D eigenvalue weighted by molar-refractivity contribution is 0.385. The number of ether oxygens (including phenoxy) is 1. The Bertz CT molecular complexity index is 427. The van der Waals surface area contributed by atoms with Crippen LogP contribution in [-0.2, 0) is 0 Å². The number of methoxy groups -OCH3 is 1. The van der Waals surface area contributed by atoms with E-state index in [1.54, 1.807) is 7.11 Å². The molecule has 1 aliphatic rings.